The Morgan fingerprint density at radius 2 is 1.95 bits per heavy atom. The number of benzene rings is 1. The predicted octanol–water partition coefficient (Wildman–Crippen LogP) is 3.85. The van der Waals surface area contributed by atoms with Crippen molar-refractivity contribution in [3.8, 4) is 0 Å². The van der Waals surface area contributed by atoms with Crippen LogP contribution in [0.1, 0.15) is 16.7 Å². The highest BCUT2D eigenvalue weighted by atomic mass is 35.5. The summed E-state index contributed by atoms with van der Waals surface area (Å²) in [6, 6.07) is 6.38. The van der Waals surface area contributed by atoms with E-state index < -0.39 is 0 Å². The lowest BCUT2D eigenvalue weighted by Gasteiger charge is -2.09. The number of fused-ring (bicyclic) bond motifs is 1. The van der Waals surface area contributed by atoms with E-state index in [1.54, 1.807) is 16.3 Å². The molecule has 0 unspecified atom stereocenters. The monoisotopic (exact) mass is 304 g/mol. The van der Waals surface area contributed by atoms with Crippen LogP contribution in [0.4, 0.5) is 0 Å². The van der Waals surface area contributed by atoms with Gasteiger partial charge in [0.2, 0.25) is 0 Å². The SMILES string of the molecule is Cc1ccc(Sc2c(C)c(Cl)nc3ncnn23)cc1C. The van der Waals surface area contributed by atoms with Gasteiger partial charge in [-0.1, -0.05) is 29.4 Å². The number of halogens is 1. The van der Waals surface area contributed by atoms with Gasteiger partial charge in [0.25, 0.3) is 5.78 Å². The molecular formula is C14H13ClN4S. The van der Waals surface area contributed by atoms with Crippen molar-refractivity contribution in [1.82, 2.24) is 19.6 Å². The van der Waals surface area contributed by atoms with Crippen LogP contribution in [0.2, 0.25) is 5.15 Å². The summed E-state index contributed by atoms with van der Waals surface area (Å²) in [5, 5.41) is 5.63. The maximum absolute atomic E-state index is 6.17. The Morgan fingerprint density at radius 1 is 1.15 bits per heavy atom. The summed E-state index contributed by atoms with van der Waals surface area (Å²) in [7, 11) is 0. The number of aryl methyl sites for hydroxylation is 2. The summed E-state index contributed by atoms with van der Waals surface area (Å²) in [6.07, 6.45) is 1.49. The van der Waals surface area contributed by atoms with Crippen LogP contribution in [0.15, 0.2) is 34.4 Å². The minimum atomic E-state index is 0.469. The van der Waals surface area contributed by atoms with Crippen molar-refractivity contribution in [2.75, 3.05) is 0 Å². The van der Waals surface area contributed by atoms with Gasteiger partial charge in [0, 0.05) is 10.5 Å². The first-order chi connectivity index (χ1) is 9.56. The van der Waals surface area contributed by atoms with Gasteiger partial charge >= 0.3 is 0 Å². The molecule has 0 bridgehead atoms. The topological polar surface area (TPSA) is 43.1 Å². The molecule has 2 heterocycles. The van der Waals surface area contributed by atoms with Gasteiger partial charge in [-0.3, -0.25) is 0 Å². The van der Waals surface area contributed by atoms with Gasteiger partial charge in [-0.05, 0) is 44.0 Å². The fourth-order valence-corrected chi connectivity index (χ4v) is 3.16. The van der Waals surface area contributed by atoms with Crippen LogP contribution in [-0.2, 0) is 0 Å². The maximum atomic E-state index is 6.17. The van der Waals surface area contributed by atoms with Crippen molar-refractivity contribution in [3.63, 3.8) is 0 Å². The van der Waals surface area contributed by atoms with E-state index in [-0.39, 0.29) is 0 Å². The van der Waals surface area contributed by atoms with E-state index in [4.69, 9.17) is 11.6 Å². The predicted molar refractivity (Wildman–Crippen MR) is 80.6 cm³/mol. The standard InChI is InChI=1S/C14H13ClN4S/c1-8-4-5-11(6-9(8)2)20-13-10(3)12(15)18-14-16-7-17-19(13)14/h4-7H,1-3H3. The van der Waals surface area contributed by atoms with Crippen molar-refractivity contribution < 1.29 is 0 Å². The molecule has 0 saturated carbocycles. The lowest BCUT2D eigenvalue weighted by molar-refractivity contribution is 0.825. The number of nitrogens with zero attached hydrogens (tertiary/aromatic N) is 4. The molecule has 0 saturated heterocycles. The van der Waals surface area contributed by atoms with E-state index in [9.17, 15) is 0 Å². The molecule has 2 aromatic heterocycles. The molecular weight excluding hydrogens is 292 g/mol. The summed E-state index contributed by atoms with van der Waals surface area (Å²) < 4.78 is 1.72. The fraction of sp³-hybridized carbons (Fsp3) is 0.214. The van der Waals surface area contributed by atoms with E-state index in [0.29, 0.717) is 10.9 Å². The quantitative estimate of drug-likeness (QED) is 0.674. The Hall–Kier alpha value is -1.59. The van der Waals surface area contributed by atoms with Crippen LogP contribution in [0.25, 0.3) is 5.78 Å². The minimum Gasteiger partial charge on any atom is -0.199 e. The molecule has 4 nitrogen and oxygen atoms in total. The van der Waals surface area contributed by atoms with E-state index >= 15 is 0 Å². The van der Waals surface area contributed by atoms with E-state index in [2.05, 4.69) is 47.1 Å². The van der Waals surface area contributed by atoms with Crippen molar-refractivity contribution in [2.45, 2.75) is 30.7 Å². The Balaban J connectivity index is 2.11. The second-order valence-corrected chi connectivity index (χ2v) is 6.07. The summed E-state index contributed by atoms with van der Waals surface area (Å²) in [5.41, 5.74) is 3.46. The van der Waals surface area contributed by atoms with Gasteiger partial charge in [0.15, 0.2) is 0 Å². The third kappa shape index (κ3) is 2.27. The highest BCUT2D eigenvalue weighted by Gasteiger charge is 2.13. The zero-order chi connectivity index (χ0) is 14.3. The van der Waals surface area contributed by atoms with Crippen LogP contribution < -0.4 is 0 Å². The highest BCUT2D eigenvalue weighted by Crippen LogP contribution is 2.33. The van der Waals surface area contributed by atoms with Gasteiger partial charge < -0.3 is 0 Å². The van der Waals surface area contributed by atoms with Crippen LogP contribution >= 0.6 is 23.4 Å². The highest BCUT2D eigenvalue weighted by molar-refractivity contribution is 7.99. The normalized spacial score (nSPS) is 11.2. The fourth-order valence-electron chi connectivity index (χ4n) is 1.88. The molecule has 20 heavy (non-hydrogen) atoms. The van der Waals surface area contributed by atoms with Crippen molar-refractivity contribution in [3.05, 3.63) is 46.4 Å². The summed E-state index contributed by atoms with van der Waals surface area (Å²) in [4.78, 5) is 9.46. The average Bonchev–Trinajstić information content (AvgIpc) is 2.87. The Labute approximate surface area is 126 Å². The van der Waals surface area contributed by atoms with Crippen molar-refractivity contribution in [1.29, 1.82) is 0 Å². The average molecular weight is 305 g/mol. The Bertz CT molecular complexity index is 797. The second kappa shape index (κ2) is 5.07. The molecule has 6 heteroatoms. The molecule has 1 aromatic carbocycles. The Kier molecular flexibility index (Phi) is 3.40. The summed E-state index contributed by atoms with van der Waals surface area (Å²) in [6.45, 7) is 6.16. The molecule has 0 atom stereocenters. The minimum absolute atomic E-state index is 0.469. The summed E-state index contributed by atoms with van der Waals surface area (Å²) in [5.74, 6) is 0.520. The number of hydrogen-bond acceptors (Lipinski definition) is 4. The molecule has 3 aromatic rings. The molecule has 0 N–H and O–H groups in total. The number of rotatable bonds is 2. The molecule has 0 aliphatic rings. The lowest BCUT2D eigenvalue weighted by atomic mass is 10.1. The molecule has 0 aliphatic heterocycles. The summed E-state index contributed by atoms with van der Waals surface area (Å²) >= 11 is 7.79. The van der Waals surface area contributed by atoms with Crippen molar-refractivity contribution >= 4 is 29.1 Å². The molecule has 0 fully saturated rings. The maximum Gasteiger partial charge on any atom is 0.254 e. The van der Waals surface area contributed by atoms with Gasteiger partial charge in [-0.25, -0.2) is 0 Å². The Morgan fingerprint density at radius 3 is 2.70 bits per heavy atom. The van der Waals surface area contributed by atoms with E-state index in [1.165, 1.54) is 17.5 Å². The first-order valence-electron chi connectivity index (χ1n) is 6.17. The van der Waals surface area contributed by atoms with E-state index in [0.717, 1.165) is 15.5 Å². The van der Waals surface area contributed by atoms with E-state index in [1.807, 2.05) is 6.92 Å². The van der Waals surface area contributed by atoms with Gasteiger partial charge in [0.05, 0.1) is 0 Å². The first-order valence-corrected chi connectivity index (χ1v) is 7.36. The lowest BCUT2D eigenvalue weighted by Crippen LogP contribution is -1.99. The smallest absolute Gasteiger partial charge is 0.199 e. The van der Waals surface area contributed by atoms with Crippen LogP contribution in [0.3, 0.4) is 0 Å². The molecule has 0 amide bonds. The molecule has 102 valence electrons. The third-order valence-electron chi connectivity index (χ3n) is 3.24. The molecule has 3 rings (SSSR count). The van der Waals surface area contributed by atoms with Crippen molar-refractivity contribution in [2.24, 2.45) is 0 Å². The van der Waals surface area contributed by atoms with Crippen LogP contribution in [0, 0.1) is 20.8 Å². The number of aromatic nitrogens is 4. The largest absolute Gasteiger partial charge is 0.254 e. The molecule has 0 radical (unpaired) electrons. The molecule has 0 spiro atoms. The van der Waals surface area contributed by atoms with Gasteiger partial charge in [-0.15, -0.1) is 0 Å². The van der Waals surface area contributed by atoms with Crippen LogP contribution in [0.5, 0.6) is 0 Å². The molecule has 0 aliphatic carbocycles. The zero-order valence-corrected chi connectivity index (χ0v) is 13.0. The van der Waals surface area contributed by atoms with Gasteiger partial charge in [0.1, 0.15) is 16.5 Å². The number of hydrogen-bond donors (Lipinski definition) is 0. The van der Waals surface area contributed by atoms with Gasteiger partial charge in [-0.2, -0.15) is 19.6 Å². The first kappa shape index (κ1) is 13.4. The third-order valence-corrected chi connectivity index (χ3v) is 4.77. The van der Waals surface area contributed by atoms with Crippen LogP contribution in [-0.4, -0.2) is 19.6 Å². The zero-order valence-electron chi connectivity index (χ0n) is 11.4. The second-order valence-electron chi connectivity index (χ2n) is 4.65.